The van der Waals surface area contributed by atoms with Gasteiger partial charge in [0.2, 0.25) is 5.91 Å². The number of carbonyl (C=O) groups excluding carboxylic acids is 2. The second kappa shape index (κ2) is 9.72. The van der Waals surface area contributed by atoms with Gasteiger partial charge < -0.3 is 19.9 Å². The van der Waals surface area contributed by atoms with Gasteiger partial charge in [0.25, 0.3) is 0 Å². The maximum absolute atomic E-state index is 13.2. The number of ether oxygens (including phenoxy) is 1. The van der Waals surface area contributed by atoms with Gasteiger partial charge in [-0.1, -0.05) is 29.7 Å². The molecule has 0 saturated carbocycles. The highest BCUT2D eigenvalue weighted by Gasteiger charge is 2.40. The van der Waals surface area contributed by atoms with Crippen molar-refractivity contribution in [2.45, 2.75) is 24.9 Å². The van der Waals surface area contributed by atoms with Crippen LogP contribution >= 0.6 is 12.6 Å². The normalized spacial score (nSPS) is 19.2. The van der Waals surface area contributed by atoms with Gasteiger partial charge in [-0.25, -0.2) is 9.78 Å². The van der Waals surface area contributed by atoms with Crippen molar-refractivity contribution in [1.29, 1.82) is 5.26 Å². The average Bonchev–Trinajstić information content (AvgIpc) is 3.40. The van der Waals surface area contributed by atoms with Crippen molar-refractivity contribution in [3.05, 3.63) is 36.3 Å². The first kappa shape index (κ1) is 21.8. The number of alkyl carbamates (subject to hydrolysis) is 1. The molecule has 0 bridgehead atoms. The number of thiol groups is 1. The van der Waals surface area contributed by atoms with Crippen LogP contribution in [0.4, 0.5) is 4.79 Å². The summed E-state index contributed by atoms with van der Waals surface area (Å²) in [6.45, 7) is 0.284. The first-order valence-corrected chi connectivity index (χ1v) is 10.4. The molecule has 1 fully saturated rings. The number of amides is 2. The van der Waals surface area contributed by atoms with Gasteiger partial charge in [0, 0.05) is 6.54 Å². The third-order valence-electron chi connectivity index (χ3n) is 5.23. The molecule has 10 heteroatoms. The van der Waals surface area contributed by atoms with Gasteiger partial charge in [0.15, 0.2) is 0 Å². The number of nitrogens with zero attached hydrogens (tertiary/aromatic N) is 3. The third-order valence-corrected chi connectivity index (χ3v) is 5.49. The minimum atomic E-state index is -0.776. The van der Waals surface area contributed by atoms with Crippen LogP contribution in [0.3, 0.4) is 0 Å². The molecule has 0 spiro atoms. The quantitative estimate of drug-likeness (QED) is 0.468. The largest absolute Gasteiger partial charge is 0.453 e. The Morgan fingerprint density at radius 3 is 2.83 bits per heavy atom. The van der Waals surface area contributed by atoms with E-state index < -0.39 is 12.1 Å². The third kappa shape index (κ3) is 4.79. The summed E-state index contributed by atoms with van der Waals surface area (Å²) in [5, 5.41) is 12.0. The Balaban J connectivity index is 1.85. The van der Waals surface area contributed by atoms with E-state index in [-0.39, 0.29) is 24.4 Å². The highest BCUT2D eigenvalue weighted by molar-refractivity contribution is 7.80. The number of hydrogen-bond donors (Lipinski definition) is 3. The summed E-state index contributed by atoms with van der Waals surface area (Å²) in [4.78, 5) is 34.3. The maximum atomic E-state index is 13.2. The Bertz CT molecular complexity index is 943. The van der Waals surface area contributed by atoms with Gasteiger partial charge in [0.1, 0.15) is 19.7 Å². The van der Waals surface area contributed by atoms with Gasteiger partial charge in [-0.3, -0.25) is 4.79 Å². The van der Waals surface area contributed by atoms with Crippen molar-refractivity contribution in [2.75, 3.05) is 19.4 Å². The lowest BCUT2D eigenvalue weighted by atomic mass is 9.95. The fourth-order valence-corrected chi connectivity index (χ4v) is 3.86. The molecule has 0 radical (unpaired) electrons. The number of carbonyl (C=O) groups is 2. The Labute approximate surface area is 181 Å². The van der Waals surface area contributed by atoms with Crippen LogP contribution in [0.15, 0.2) is 30.5 Å². The average molecular weight is 425 g/mol. The zero-order valence-corrected chi connectivity index (χ0v) is 17.9. The van der Waals surface area contributed by atoms with Crippen LogP contribution < -0.4 is 10.8 Å². The van der Waals surface area contributed by atoms with E-state index in [1.165, 1.54) is 7.11 Å². The van der Waals surface area contributed by atoms with Crippen molar-refractivity contribution in [3.63, 3.8) is 0 Å². The molecule has 2 N–H and O–H groups in total. The lowest BCUT2D eigenvalue weighted by molar-refractivity contribution is -0.134. The zero-order valence-electron chi connectivity index (χ0n) is 17.0. The van der Waals surface area contributed by atoms with Gasteiger partial charge >= 0.3 is 6.09 Å². The van der Waals surface area contributed by atoms with E-state index in [1.54, 1.807) is 11.1 Å². The summed E-state index contributed by atoms with van der Waals surface area (Å²) in [6, 6.07) is 9.16. The summed E-state index contributed by atoms with van der Waals surface area (Å²) in [6.07, 6.45) is 1.89. The van der Waals surface area contributed by atoms with Crippen LogP contribution in [0.5, 0.6) is 0 Å². The molecule has 1 aromatic heterocycles. The van der Waals surface area contributed by atoms with Gasteiger partial charge in [0.05, 0.1) is 37.0 Å². The molecule has 2 heterocycles. The Hall–Kier alpha value is -2.93. The van der Waals surface area contributed by atoms with E-state index in [0.29, 0.717) is 24.4 Å². The molecule has 2 amide bonds. The van der Waals surface area contributed by atoms with E-state index >= 15 is 0 Å². The molecule has 2 aromatic rings. The number of imidazole rings is 1. The predicted octanol–water partition coefficient (Wildman–Crippen LogP) is 0.793. The second-order valence-electron chi connectivity index (χ2n) is 7.32. The maximum Gasteiger partial charge on any atom is 0.407 e. The fraction of sp³-hybridized carbons (Fsp3) is 0.400. The minimum Gasteiger partial charge on any atom is -0.453 e. The van der Waals surface area contributed by atoms with Crippen LogP contribution in [-0.4, -0.2) is 60.2 Å². The second-order valence-corrected chi connectivity index (χ2v) is 7.76. The minimum absolute atomic E-state index is 0.273. The molecule has 1 aliphatic heterocycles. The summed E-state index contributed by atoms with van der Waals surface area (Å²) in [5.41, 5.74) is 3.00. The van der Waals surface area contributed by atoms with Crippen molar-refractivity contribution < 1.29 is 14.3 Å². The van der Waals surface area contributed by atoms with E-state index in [2.05, 4.69) is 38.7 Å². The number of hydrogen-bond acceptors (Lipinski definition) is 6. The van der Waals surface area contributed by atoms with Crippen LogP contribution in [0, 0.1) is 17.2 Å². The van der Waals surface area contributed by atoms with Gasteiger partial charge in [-0.15, -0.1) is 0 Å². The number of H-pyrrole nitrogens is 1. The van der Waals surface area contributed by atoms with Crippen molar-refractivity contribution >= 4 is 37.9 Å². The van der Waals surface area contributed by atoms with Crippen molar-refractivity contribution in [2.24, 2.45) is 5.92 Å². The van der Waals surface area contributed by atoms with Crippen molar-refractivity contribution in [1.82, 2.24) is 20.2 Å². The Morgan fingerprint density at radius 2 is 2.20 bits per heavy atom. The fourth-order valence-electron chi connectivity index (χ4n) is 3.61. The molecule has 3 atom stereocenters. The van der Waals surface area contributed by atoms with Crippen LogP contribution in [-0.2, 0) is 9.53 Å². The van der Waals surface area contributed by atoms with Crippen LogP contribution in [0.2, 0.25) is 0 Å². The first-order valence-electron chi connectivity index (χ1n) is 9.74. The molecule has 0 unspecified atom stereocenters. The molecule has 30 heavy (non-hydrogen) atoms. The van der Waals surface area contributed by atoms with E-state index in [9.17, 15) is 14.9 Å². The van der Waals surface area contributed by atoms with Gasteiger partial charge in [-0.2, -0.15) is 17.9 Å². The number of methoxy groups -OCH3 is 1. The van der Waals surface area contributed by atoms with Crippen LogP contribution in [0.1, 0.15) is 24.7 Å². The lowest BCUT2D eigenvalue weighted by Gasteiger charge is -2.27. The van der Waals surface area contributed by atoms with E-state index in [1.807, 2.05) is 32.1 Å². The number of rotatable bonds is 6. The molecule has 156 valence electrons. The van der Waals surface area contributed by atoms with Crippen LogP contribution in [0.25, 0.3) is 11.3 Å². The highest BCUT2D eigenvalue weighted by atomic mass is 32.1. The van der Waals surface area contributed by atoms with E-state index in [0.717, 1.165) is 16.7 Å². The number of nitrogens with one attached hydrogen (secondary N) is 2. The molecule has 3 rings (SSSR count). The van der Waals surface area contributed by atoms with Gasteiger partial charge in [-0.05, 0) is 24.2 Å². The Kier molecular flexibility index (Phi) is 7.05. The molecule has 1 aromatic carbocycles. The summed E-state index contributed by atoms with van der Waals surface area (Å²) in [7, 11) is 3.27. The first-order chi connectivity index (χ1) is 14.5. The number of nitriles is 1. The smallest absolute Gasteiger partial charge is 0.407 e. The number of aromatic nitrogens is 2. The Morgan fingerprint density at radius 1 is 1.47 bits per heavy atom. The highest BCUT2D eigenvalue weighted by Crippen LogP contribution is 2.35. The zero-order chi connectivity index (χ0) is 21.7. The molecular weight excluding hydrogens is 401 g/mol. The SMILES string of the molecule is Bc1ccc(-c2cnc([C@@H]3C[C@H](C#N)CN3C(=O)[C@H](CCS)NC(=O)OC)[nH]2)cc1. The van der Waals surface area contributed by atoms with Crippen molar-refractivity contribution in [3.8, 4) is 17.3 Å². The molecule has 0 aliphatic carbocycles. The van der Waals surface area contributed by atoms with E-state index in [4.69, 9.17) is 0 Å². The molecule has 1 saturated heterocycles. The standard InChI is InChI=1S/C20H24BN5O3S/c1-29-20(28)25-15(6-7-30)19(27)26-11-12(9-22)8-17(26)18-23-10-16(24-18)13-2-4-14(21)5-3-13/h2-5,10,12,15,17,30H,6-8,11,21H2,1H3,(H,23,24)(H,25,28)/t12-,15+,17+/m1/s1. The number of benzene rings is 1. The molecule has 1 aliphatic rings. The number of likely N-dealkylation sites (tertiary alicyclic amines) is 1. The topological polar surface area (TPSA) is 111 Å². The summed E-state index contributed by atoms with van der Waals surface area (Å²) in [5.74, 6) is 0.463. The monoisotopic (exact) mass is 425 g/mol. The molecular formula is C20H24BN5O3S. The number of aromatic amines is 1. The summed E-state index contributed by atoms with van der Waals surface area (Å²) >= 11 is 4.19. The molecule has 8 nitrogen and oxygen atoms in total. The lowest BCUT2D eigenvalue weighted by Crippen LogP contribution is -2.48. The predicted molar refractivity (Wildman–Crippen MR) is 118 cm³/mol. The summed E-state index contributed by atoms with van der Waals surface area (Å²) < 4.78 is 4.64.